The van der Waals surface area contributed by atoms with Gasteiger partial charge in [-0.25, -0.2) is 0 Å². The van der Waals surface area contributed by atoms with Gasteiger partial charge < -0.3 is 5.32 Å². The third-order valence-corrected chi connectivity index (χ3v) is 6.10. The Morgan fingerprint density at radius 3 is 2.07 bits per heavy atom. The van der Waals surface area contributed by atoms with Crippen LogP contribution in [0.1, 0.15) is 29.7 Å². The second-order valence-electron chi connectivity index (χ2n) is 7.04. The van der Waals surface area contributed by atoms with Gasteiger partial charge in [0, 0.05) is 5.75 Å². The molecule has 0 bridgehead atoms. The van der Waals surface area contributed by atoms with Crippen molar-refractivity contribution in [3.05, 3.63) is 108 Å². The van der Waals surface area contributed by atoms with Crippen molar-refractivity contribution in [3.8, 4) is 0 Å². The lowest BCUT2D eigenvalue weighted by Crippen LogP contribution is -2.33. The molecule has 3 aromatic carbocycles. The summed E-state index contributed by atoms with van der Waals surface area (Å²) in [5, 5.41) is 3.71. The van der Waals surface area contributed by atoms with E-state index in [4.69, 9.17) is 4.99 Å². The molecule has 0 radical (unpaired) electrons. The van der Waals surface area contributed by atoms with Crippen molar-refractivity contribution >= 4 is 17.6 Å². The Labute approximate surface area is 165 Å². The molecule has 2 unspecified atom stereocenters. The van der Waals surface area contributed by atoms with Gasteiger partial charge in [0.2, 0.25) is 0 Å². The summed E-state index contributed by atoms with van der Waals surface area (Å²) in [5.74, 6) is 2.97. The van der Waals surface area contributed by atoms with Crippen molar-refractivity contribution in [2.75, 3.05) is 5.75 Å². The average Bonchev–Trinajstić information content (AvgIpc) is 3.08. The van der Waals surface area contributed by atoms with Crippen LogP contribution in [0.2, 0.25) is 0 Å². The van der Waals surface area contributed by atoms with Gasteiger partial charge in [-0.2, -0.15) is 0 Å². The smallest absolute Gasteiger partial charge is 0.109 e. The second kappa shape index (κ2) is 8.01. The van der Waals surface area contributed by atoms with Gasteiger partial charge in [0.15, 0.2) is 0 Å². The number of nitrogens with one attached hydrogen (secondary N) is 1. The van der Waals surface area contributed by atoms with Crippen molar-refractivity contribution in [1.29, 1.82) is 0 Å². The van der Waals surface area contributed by atoms with Gasteiger partial charge >= 0.3 is 0 Å². The first-order chi connectivity index (χ1) is 13.3. The molecule has 0 saturated carbocycles. The van der Waals surface area contributed by atoms with Crippen LogP contribution in [0.5, 0.6) is 0 Å². The van der Waals surface area contributed by atoms with Crippen LogP contribution >= 0.6 is 11.8 Å². The third-order valence-electron chi connectivity index (χ3n) is 5.08. The van der Waals surface area contributed by atoms with E-state index in [1.165, 1.54) is 16.7 Å². The lowest BCUT2D eigenvalue weighted by molar-refractivity contribution is 0.405. The van der Waals surface area contributed by atoms with Gasteiger partial charge in [-0.05, 0) is 23.6 Å². The van der Waals surface area contributed by atoms with E-state index in [1.807, 2.05) is 11.8 Å². The molecule has 136 valence electrons. The summed E-state index contributed by atoms with van der Waals surface area (Å²) in [4.78, 5) is 5.16. The van der Waals surface area contributed by atoms with Gasteiger partial charge in [-0.15, -0.1) is 11.8 Å². The molecule has 1 N–H and O–H groups in total. The van der Waals surface area contributed by atoms with Crippen molar-refractivity contribution in [1.82, 2.24) is 5.32 Å². The highest BCUT2D eigenvalue weighted by Gasteiger charge is 2.42. The zero-order chi connectivity index (χ0) is 18.5. The maximum Gasteiger partial charge on any atom is 0.109 e. The molecular formula is C24H24N2S. The van der Waals surface area contributed by atoms with Gasteiger partial charge in [0.05, 0.1) is 11.8 Å². The molecule has 0 aliphatic carbocycles. The molecule has 27 heavy (non-hydrogen) atoms. The largest absolute Gasteiger partial charge is 0.363 e. The number of thioether (sulfide) groups is 1. The summed E-state index contributed by atoms with van der Waals surface area (Å²) < 4.78 is 0. The van der Waals surface area contributed by atoms with E-state index in [2.05, 4.69) is 103 Å². The van der Waals surface area contributed by atoms with E-state index < -0.39 is 0 Å². The summed E-state index contributed by atoms with van der Waals surface area (Å²) >= 11 is 1.90. The summed E-state index contributed by atoms with van der Waals surface area (Å²) in [6.45, 7) is 2.24. The van der Waals surface area contributed by atoms with E-state index in [9.17, 15) is 0 Å². The first-order valence-electron chi connectivity index (χ1n) is 9.33. The Morgan fingerprint density at radius 2 is 1.41 bits per heavy atom. The molecule has 3 heteroatoms. The molecule has 0 saturated heterocycles. The zero-order valence-electron chi connectivity index (χ0n) is 15.5. The van der Waals surface area contributed by atoms with Crippen LogP contribution in [0.15, 0.2) is 96.0 Å². The number of benzene rings is 3. The third kappa shape index (κ3) is 3.93. The quantitative estimate of drug-likeness (QED) is 0.611. The highest BCUT2D eigenvalue weighted by atomic mass is 32.2. The molecule has 0 spiro atoms. The Bertz CT molecular complexity index is 893. The number of aliphatic imine (C=N–C) groups is 1. The lowest BCUT2D eigenvalue weighted by atomic mass is 9.82. The SMILES string of the molecule is CC1(c2ccccc2)N=C(CSCc2ccccc2)NC1c1ccccc1. The van der Waals surface area contributed by atoms with Gasteiger partial charge in [-0.3, -0.25) is 4.99 Å². The van der Waals surface area contributed by atoms with Crippen LogP contribution in [-0.4, -0.2) is 11.6 Å². The fourth-order valence-corrected chi connectivity index (χ4v) is 4.53. The summed E-state index contributed by atoms with van der Waals surface area (Å²) in [5.41, 5.74) is 3.57. The highest BCUT2D eigenvalue weighted by Crippen LogP contribution is 2.42. The monoisotopic (exact) mass is 372 g/mol. The fourth-order valence-electron chi connectivity index (χ4n) is 3.66. The van der Waals surface area contributed by atoms with E-state index in [0.29, 0.717) is 0 Å². The van der Waals surface area contributed by atoms with Crippen LogP contribution in [-0.2, 0) is 11.3 Å². The number of hydrogen-bond donors (Lipinski definition) is 1. The first-order valence-corrected chi connectivity index (χ1v) is 10.5. The number of hydrogen-bond acceptors (Lipinski definition) is 3. The molecule has 0 amide bonds. The summed E-state index contributed by atoms with van der Waals surface area (Å²) in [7, 11) is 0. The normalized spacial score (nSPS) is 21.5. The minimum atomic E-state index is -0.300. The van der Waals surface area contributed by atoms with Crippen LogP contribution in [0.25, 0.3) is 0 Å². The van der Waals surface area contributed by atoms with Crippen molar-refractivity contribution in [3.63, 3.8) is 0 Å². The Kier molecular flexibility index (Phi) is 5.30. The predicted octanol–water partition coefficient (Wildman–Crippen LogP) is 5.58. The average molecular weight is 373 g/mol. The van der Waals surface area contributed by atoms with E-state index in [-0.39, 0.29) is 11.6 Å². The fraction of sp³-hybridized carbons (Fsp3) is 0.208. The van der Waals surface area contributed by atoms with Crippen molar-refractivity contribution in [2.24, 2.45) is 4.99 Å². The molecule has 4 rings (SSSR count). The standard InChI is InChI=1S/C24H24N2S/c1-24(21-15-9-4-10-16-21)23(20-13-7-3-8-14-20)25-22(26-24)18-27-17-19-11-5-2-6-12-19/h2-16,23H,17-18H2,1H3,(H,25,26). The summed E-state index contributed by atoms with van der Waals surface area (Å²) in [6.07, 6.45) is 0. The number of amidine groups is 1. The second-order valence-corrected chi connectivity index (χ2v) is 8.02. The van der Waals surface area contributed by atoms with Crippen LogP contribution < -0.4 is 5.32 Å². The molecule has 1 aliphatic rings. The van der Waals surface area contributed by atoms with E-state index >= 15 is 0 Å². The highest BCUT2D eigenvalue weighted by molar-refractivity contribution is 7.99. The number of rotatable bonds is 6. The minimum absolute atomic E-state index is 0.147. The Hall–Kier alpha value is -2.52. The molecule has 1 heterocycles. The van der Waals surface area contributed by atoms with Gasteiger partial charge in [-0.1, -0.05) is 91.0 Å². The topological polar surface area (TPSA) is 24.4 Å². The van der Waals surface area contributed by atoms with E-state index in [0.717, 1.165) is 17.3 Å². The van der Waals surface area contributed by atoms with Crippen LogP contribution in [0, 0.1) is 0 Å². The molecule has 2 nitrogen and oxygen atoms in total. The molecular weight excluding hydrogens is 348 g/mol. The maximum absolute atomic E-state index is 5.16. The maximum atomic E-state index is 5.16. The molecule has 1 aliphatic heterocycles. The predicted molar refractivity (Wildman–Crippen MR) is 116 cm³/mol. The summed E-state index contributed by atoms with van der Waals surface area (Å²) in [6, 6.07) is 32.0. The van der Waals surface area contributed by atoms with Gasteiger partial charge in [0.1, 0.15) is 11.4 Å². The van der Waals surface area contributed by atoms with Gasteiger partial charge in [0.25, 0.3) is 0 Å². The zero-order valence-corrected chi connectivity index (χ0v) is 16.3. The Morgan fingerprint density at radius 1 is 0.815 bits per heavy atom. The van der Waals surface area contributed by atoms with Crippen molar-refractivity contribution < 1.29 is 0 Å². The first kappa shape index (κ1) is 17.9. The van der Waals surface area contributed by atoms with Crippen LogP contribution in [0.3, 0.4) is 0 Å². The molecule has 2 atom stereocenters. The molecule has 0 aromatic heterocycles. The minimum Gasteiger partial charge on any atom is -0.363 e. The molecule has 3 aromatic rings. The van der Waals surface area contributed by atoms with Crippen LogP contribution in [0.4, 0.5) is 0 Å². The van der Waals surface area contributed by atoms with Crippen molar-refractivity contribution in [2.45, 2.75) is 24.3 Å². The Balaban J connectivity index is 1.55. The van der Waals surface area contributed by atoms with E-state index in [1.54, 1.807) is 0 Å². The lowest BCUT2D eigenvalue weighted by Gasteiger charge is -2.30. The molecule has 0 fully saturated rings. The number of nitrogens with zero attached hydrogens (tertiary/aromatic N) is 1.